The fraction of sp³-hybridized carbons (Fsp3) is 0.875. The Bertz CT molecular complexity index is 391. The van der Waals surface area contributed by atoms with Crippen molar-refractivity contribution in [2.24, 2.45) is 0 Å². The highest BCUT2D eigenvalue weighted by molar-refractivity contribution is 5.83. The summed E-state index contributed by atoms with van der Waals surface area (Å²) in [6, 6.07) is -0.151. The average Bonchev–Trinajstić information content (AvgIpc) is 3.12. The van der Waals surface area contributed by atoms with Crippen molar-refractivity contribution in [1.82, 2.24) is 20.4 Å². The van der Waals surface area contributed by atoms with Gasteiger partial charge in [0.25, 0.3) is 0 Å². The van der Waals surface area contributed by atoms with Crippen LogP contribution in [0.25, 0.3) is 0 Å². The minimum atomic E-state index is -0.153. The molecule has 0 aromatic heterocycles. The molecule has 2 saturated heterocycles. The van der Waals surface area contributed by atoms with Crippen LogP contribution in [0.4, 0.5) is 0 Å². The largest absolute Gasteiger partial charge is 0.385 e. The molecule has 132 valence electrons. The van der Waals surface area contributed by atoms with Crippen LogP contribution in [0.3, 0.4) is 0 Å². The molecular weight excluding hydrogens is 296 g/mol. The molecule has 2 aliphatic heterocycles. The maximum absolute atomic E-state index is 12.4. The number of amides is 2. The van der Waals surface area contributed by atoms with E-state index >= 15 is 0 Å². The van der Waals surface area contributed by atoms with E-state index in [0.717, 1.165) is 38.9 Å². The van der Waals surface area contributed by atoms with Gasteiger partial charge < -0.3 is 20.3 Å². The molecule has 2 heterocycles. The van der Waals surface area contributed by atoms with Crippen LogP contribution in [0.5, 0.6) is 0 Å². The van der Waals surface area contributed by atoms with E-state index < -0.39 is 0 Å². The molecule has 1 unspecified atom stereocenters. The van der Waals surface area contributed by atoms with Crippen molar-refractivity contribution in [3.63, 3.8) is 0 Å². The summed E-state index contributed by atoms with van der Waals surface area (Å²) in [6.45, 7) is 7.10. The average molecular weight is 326 g/mol. The number of piperazine rings is 1. The Balaban J connectivity index is 1.70. The summed E-state index contributed by atoms with van der Waals surface area (Å²) in [4.78, 5) is 28.6. The molecule has 23 heavy (non-hydrogen) atoms. The van der Waals surface area contributed by atoms with Gasteiger partial charge in [-0.3, -0.25) is 14.5 Å². The lowest BCUT2D eigenvalue weighted by Gasteiger charge is -2.38. The molecule has 0 bridgehead atoms. The number of carbonyl (C=O) groups is 2. The second kappa shape index (κ2) is 9.20. The Morgan fingerprint density at radius 2 is 2.04 bits per heavy atom. The van der Waals surface area contributed by atoms with Gasteiger partial charge in [-0.25, -0.2) is 0 Å². The molecule has 0 aromatic rings. The van der Waals surface area contributed by atoms with Crippen LogP contribution in [0, 0.1) is 0 Å². The number of rotatable bonds is 7. The van der Waals surface area contributed by atoms with E-state index in [2.05, 4.69) is 15.5 Å². The standard InChI is InChI=1S/C16H30N4O3/c1-13(15(21)18-7-4-12-23-2)19-8-10-20(11-9-19)16(22)14-5-3-6-17-14/h13-14,17H,3-12H2,1-2H3,(H,18,21)/t13?,14-/m0/s1. The van der Waals surface area contributed by atoms with Crippen molar-refractivity contribution in [2.75, 3.05) is 53.0 Å². The van der Waals surface area contributed by atoms with Crippen LogP contribution in [0.1, 0.15) is 26.2 Å². The Morgan fingerprint density at radius 1 is 1.30 bits per heavy atom. The molecule has 0 saturated carbocycles. The lowest BCUT2D eigenvalue weighted by Crippen LogP contribution is -2.57. The van der Waals surface area contributed by atoms with Crippen LogP contribution in [-0.4, -0.2) is 86.7 Å². The van der Waals surface area contributed by atoms with Gasteiger partial charge in [0, 0.05) is 46.4 Å². The van der Waals surface area contributed by atoms with Gasteiger partial charge in [0.1, 0.15) is 0 Å². The van der Waals surface area contributed by atoms with Crippen molar-refractivity contribution >= 4 is 11.8 Å². The minimum absolute atomic E-state index is 0.00283. The minimum Gasteiger partial charge on any atom is -0.385 e. The fourth-order valence-electron chi connectivity index (χ4n) is 3.19. The maximum Gasteiger partial charge on any atom is 0.239 e. The van der Waals surface area contributed by atoms with Gasteiger partial charge in [0.2, 0.25) is 11.8 Å². The van der Waals surface area contributed by atoms with Crippen molar-refractivity contribution < 1.29 is 14.3 Å². The van der Waals surface area contributed by atoms with Crippen LogP contribution in [-0.2, 0) is 14.3 Å². The zero-order valence-electron chi connectivity index (χ0n) is 14.3. The number of ether oxygens (including phenoxy) is 1. The van der Waals surface area contributed by atoms with Crippen LogP contribution < -0.4 is 10.6 Å². The highest BCUT2D eigenvalue weighted by atomic mass is 16.5. The predicted octanol–water partition coefficient (Wildman–Crippen LogP) is -0.576. The molecule has 0 aliphatic carbocycles. The van der Waals surface area contributed by atoms with Crippen molar-refractivity contribution in [1.29, 1.82) is 0 Å². The summed E-state index contributed by atoms with van der Waals surface area (Å²) in [7, 11) is 1.66. The smallest absolute Gasteiger partial charge is 0.239 e. The molecule has 2 fully saturated rings. The maximum atomic E-state index is 12.4. The number of nitrogens with zero attached hydrogens (tertiary/aromatic N) is 2. The predicted molar refractivity (Wildman–Crippen MR) is 88.1 cm³/mol. The molecule has 2 atom stereocenters. The Kier molecular flexibility index (Phi) is 7.26. The van der Waals surface area contributed by atoms with E-state index in [1.165, 1.54) is 0 Å². The lowest BCUT2D eigenvalue weighted by atomic mass is 10.1. The van der Waals surface area contributed by atoms with Gasteiger partial charge in [0.15, 0.2) is 0 Å². The third-order valence-corrected chi connectivity index (χ3v) is 4.74. The molecule has 2 rings (SSSR count). The van der Waals surface area contributed by atoms with Crippen LogP contribution >= 0.6 is 0 Å². The van der Waals surface area contributed by atoms with Gasteiger partial charge in [-0.05, 0) is 32.7 Å². The van der Waals surface area contributed by atoms with Crippen molar-refractivity contribution in [3.8, 4) is 0 Å². The zero-order valence-corrected chi connectivity index (χ0v) is 14.3. The first-order valence-corrected chi connectivity index (χ1v) is 8.66. The molecule has 7 nitrogen and oxygen atoms in total. The zero-order chi connectivity index (χ0) is 16.7. The third kappa shape index (κ3) is 5.16. The van der Waals surface area contributed by atoms with E-state index in [4.69, 9.17) is 4.74 Å². The topological polar surface area (TPSA) is 73.9 Å². The van der Waals surface area contributed by atoms with E-state index in [1.54, 1.807) is 7.11 Å². The van der Waals surface area contributed by atoms with Gasteiger partial charge in [-0.1, -0.05) is 0 Å². The molecule has 2 aliphatic rings. The summed E-state index contributed by atoms with van der Waals surface area (Å²) in [5.41, 5.74) is 0. The number of carbonyl (C=O) groups excluding carboxylic acids is 2. The van der Waals surface area contributed by atoms with Gasteiger partial charge in [-0.2, -0.15) is 0 Å². The number of methoxy groups -OCH3 is 1. The summed E-state index contributed by atoms with van der Waals surface area (Å²) < 4.78 is 4.97. The Hall–Kier alpha value is -1.18. The molecule has 0 radical (unpaired) electrons. The first-order valence-electron chi connectivity index (χ1n) is 8.66. The number of hydrogen-bond donors (Lipinski definition) is 2. The van der Waals surface area contributed by atoms with Crippen LogP contribution in [0.2, 0.25) is 0 Å². The van der Waals surface area contributed by atoms with E-state index in [1.807, 2.05) is 11.8 Å². The molecule has 2 amide bonds. The monoisotopic (exact) mass is 326 g/mol. The second-order valence-electron chi connectivity index (χ2n) is 6.32. The molecule has 7 heteroatoms. The number of nitrogens with one attached hydrogen (secondary N) is 2. The Labute approximate surface area is 138 Å². The second-order valence-corrected chi connectivity index (χ2v) is 6.32. The van der Waals surface area contributed by atoms with Gasteiger partial charge >= 0.3 is 0 Å². The summed E-state index contributed by atoms with van der Waals surface area (Å²) in [5, 5.41) is 6.20. The van der Waals surface area contributed by atoms with Gasteiger partial charge in [0.05, 0.1) is 12.1 Å². The summed E-state index contributed by atoms with van der Waals surface area (Å²) in [5.74, 6) is 0.275. The summed E-state index contributed by atoms with van der Waals surface area (Å²) in [6.07, 6.45) is 2.85. The first kappa shape index (κ1) is 18.2. The molecule has 0 aromatic carbocycles. The van der Waals surface area contributed by atoms with Gasteiger partial charge in [-0.15, -0.1) is 0 Å². The summed E-state index contributed by atoms with van der Waals surface area (Å²) >= 11 is 0. The molecular formula is C16H30N4O3. The highest BCUT2D eigenvalue weighted by Gasteiger charge is 2.31. The normalized spacial score (nSPS) is 23.7. The van der Waals surface area contributed by atoms with Crippen molar-refractivity contribution in [3.05, 3.63) is 0 Å². The van der Waals surface area contributed by atoms with E-state index in [9.17, 15) is 9.59 Å². The lowest BCUT2D eigenvalue weighted by molar-refractivity contribution is -0.136. The van der Waals surface area contributed by atoms with E-state index in [0.29, 0.717) is 26.2 Å². The van der Waals surface area contributed by atoms with Crippen molar-refractivity contribution in [2.45, 2.75) is 38.3 Å². The quantitative estimate of drug-likeness (QED) is 0.613. The number of hydrogen-bond acceptors (Lipinski definition) is 5. The molecule has 2 N–H and O–H groups in total. The first-order chi connectivity index (χ1) is 11.1. The third-order valence-electron chi connectivity index (χ3n) is 4.74. The SMILES string of the molecule is COCCCNC(=O)C(C)N1CCN(C(=O)[C@@H]2CCCN2)CC1. The highest BCUT2D eigenvalue weighted by Crippen LogP contribution is 2.12. The van der Waals surface area contributed by atoms with E-state index in [-0.39, 0.29) is 23.9 Å². The molecule has 0 spiro atoms. The van der Waals surface area contributed by atoms with Crippen LogP contribution in [0.15, 0.2) is 0 Å². The fourth-order valence-corrected chi connectivity index (χ4v) is 3.19. The Morgan fingerprint density at radius 3 is 2.65 bits per heavy atom.